The average Bonchev–Trinajstić information content (AvgIpc) is 1.14. The molecule has 0 radical (unpaired) electrons. The fourth-order valence-electron chi connectivity index (χ4n) is 14.7. The van der Waals surface area contributed by atoms with Crippen molar-refractivity contribution in [3.8, 4) is 5.75 Å². The highest BCUT2D eigenvalue weighted by Gasteiger charge is 2.40. The van der Waals surface area contributed by atoms with E-state index >= 15 is 0 Å². The largest absolute Gasteiger partial charge is 0.508 e. The van der Waals surface area contributed by atoms with Gasteiger partial charge in [-0.25, -0.2) is 14.8 Å². The molecule has 18 amide bonds. The molecule has 0 bridgehead atoms. The fourth-order valence-corrected chi connectivity index (χ4v) is 14.7. The zero-order valence-corrected chi connectivity index (χ0v) is 86.4. The van der Waals surface area contributed by atoms with Crippen molar-refractivity contribution in [3.05, 3.63) is 66.3 Å². The summed E-state index contributed by atoms with van der Waals surface area (Å²) in [5.41, 5.74) is 28.3. The number of rotatable bonds is 69. The van der Waals surface area contributed by atoms with Crippen LogP contribution in [0.15, 0.2) is 49.3 Å². The molecule has 41 N–H and O–H groups in total. The topological polar surface area (TPSA) is 933 Å². The Balaban J connectivity index is 1.84. The third-order valence-corrected chi connectivity index (χ3v) is 22.4. The molecule has 0 aliphatic rings. The van der Waals surface area contributed by atoms with Gasteiger partial charge in [0, 0.05) is 57.8 Å². The predicted molar refractivity (Wildman–Crippen MR) is 543 cm³/mol. The number of nitrogens with one attached hydrogen (secondary N) is 28. The molecule has 0 aliphatic carbocycles. The third kappa shape index (κ3) is 50.8. The Kier molecular flexibility index (Phi) is 56.9. The maximum absolute atomic E-state index is 14.7. The lowest BCUT2D eigenvalue weighted by atomic mass is 9.97. The maximum Gasteiger partial charge on any atom is 0.326 e. The smallest absolute Gasteiger partial charge is 0.326 e. The van der Waals surface area contributed by atoms with Crippen LogP contribution in [0.1, 0.15) is 184 Å². The van der Waals surface area contributed by atoms with Gasteiger partial charge >= 0.3 is 5.97 Å². The number of H-pyrrole nitrogens is 2. The summed E-state index contributed by atoms with van der Waals surface area (Å²) in [6, 6.07) is -18.1. The maximum atomic E-state index is 14.7. The number of carbonyl (C=O) groups excluding carboxylic acids is 18. The number of phenols is 1. The summed E-state index contributed by atoms with van der Waals surface area (Å²) in [4.78, 5) is 279. The van der Waals surface area contributed by atoms with Crippen molar-refractivity contribution in [1.29, 1.82) is 21.6 Å². The molecule has 57 heteroatoms. The van der Waals surface area contributed by atoms with Crippen molar-refractivity contribution < 1.29 is 106 Å². The van der Waals surface area contributed by atoms with E-state index in [9.17, 15) is 106 Å². The third-order valence-electron chi connectivity index (χ3n) is 22.4. The highest BCUT2D eigenvalue weighted by Crippen LogP contribution is 2.18. The van der Waals surface area contributed by atoms with Crippen LogP contribution in [-0.4, -0.2) is 320 Å². The Labute approximate surface area is 863 Å². The Morgan fingerprint density at radius 3 is 0.987 bits per heavy atom. The molecule has 3 rings (SSSR count). The number of benzene rings is 1. The van der Waals surface area contributed by atoms with E-state index in [4.69, 9.17) is 50.3 Å². The minimum atomic E-state index is -1.71. The number of aromatic amines is 2. The van der Waals surface area contributed by atoms with Crippen LogP contribution in [0.4, 0.5) is 0 Å². The molecule has 3 aromatic rings. The number of carbonyl (C=O) groups is 19. The number of phenolic OH excluding ortho intramolecular Hbond substituents is 1. The molecule has 16 atom stereocenters. The number of aliphatic hydroxyl groups is 1. The highest BCUT2D eigenvalue weighted by molar-refractivity contribution is 6.02. The van der Waals surface area contributed by atoms with E-state index in [1.54, 1.807) is 69.2 Å². The summed E-state index contributed by atoms with van der Waals surface area (Å²) >= 11 is 0. The number of aliphatic carboxylic acids is 1. The Hall–Kier alpha value is -15.6. The van der Waals surface area contributed by atoms with Crippen molar-refractivity contribution in [3.63, 3.8) is 0 Å². The van der Waals surface area contributed by atoms with Crippen molar-refractivity contribution in [2.75, 3.05) is 52.4 Å². The zero-order valence-electron chi connectivity index (χ0n) is 86.4. The predicted octanol–water partition coefficient (Wildman–Crippen LogP) is -9.16. The summed E-state index contributed by atoms with van der Waals surface area (Å²) in [7, 11) is 0. The second-order valence-corrected chi connectivity index (χ2v) is 37.8. The van der Waals surface area contributed by atoms with E-state index in [-0.39, 0.29) is 158 Å². The van der Waals surface area contributed by atoms with Crippen LogP contribution in [0.3, 0.4) is 0 Å². The quantitative estimate of drug-likeness (QED) is 0.0142. The number of nitrogens with zero attached hydrogens (tertiary/aromatic N) is 2. The first-order chi connectivity index (χ1) is 70.1. The molecular weight excluding hydrogens is 1950 g/mol. The average molecular weight is 2100 g/mol. The van der Waals surface area contributed by atoms with Crippen molar-refractivity contribution >= 4 is 136 Å². The number of guanidine groups is 4. The van der Waals surface area contributed by atoms with E-state index in [0.717, 1.165) is 0 Å². The van der Waals surface area contributed by atoms with Crippen molar-refractivity contribution in [1.82, 2.24) is 137 Å². The molecule has 0 saturated heterocycles. The molecule has 149 heavy (non-hydrogen) atoms. The number of hydrogen-bond acceptors (Lipinski definition) is 28. The normalized spacial score (nSPS) is 14.3. The minimum Gasteiger partial charge on any atom is -0.508 e. The molecule has 0 aliphatic heterocycles. The van der Waals surface area contributed by atoms with Gasteiger partial charge in [0.15, 0.2) is 23.8 Å². The number of aromatic nitrogens is 4. The first-order valence-electron chi connectivity index (χ1n) is 49.1. The van der Waals surface area contributed by atoms with E-state index in [2.05, 4.69) is 137 Å². The first kappa shape index (κ1) is 128. The molecule has 0 saturated carbocycles. The van der Waals surface area contributed by atoms with Crippen molar-refractivity contribution in [2.24, 2.45) is 58.3 Å². The van der Waals surface area contributed by atoms with Crippen LogP contribution in [0.25, 0.3) is 0 Å². The molecule has 2 aromatic heterocycles. The fraction of sp³-hybridized carbons (Fsp3) is 0.620. The van der Waals surface area contributed by atoms with Crippen LogP contribution < -0.4 is 146 Å². The number of nitrogens with two attached hydrogens (primary N) is 5. The number of aromatic hydroxyl groups is 1. The van der Waals surface area contributed by atoms with Gasteiger partial charge in [0.1, 0.15) is 102 Å². The van der Waals surface area contributed by atoms with Gasteiger partial charge in [-0.05, 0) is 145 Å². The van der Waals surface area contributed by atoms with Gasteiger partial charge in [-0.15, -0.1) is 0 Å². The molecule has 830 valence electrons. The summed E-state index contributed by atoms with van der Waals surface area (Å²) < 4.78 is 0. The zero-order chi connectivity index (χ0) is 112. The highest BCUT2D eigenvalue weighted by atomic mass is 16.4. The second kappa shape index (κ2) is 66.5. The van der Waals surface area contributed by atoms with Gasteiger partial charge in [-0.1, -0.05) is 81.4 Å². The van der Waals surface area contributed by atoms with Gasteiger partial charge in [-0.2, -0.15) is 0 Å². The van der Waals surface area contributed by atoms with Gasteiger partial charge in [-0.3, -0.25) is 108 Å². The monoisotopic (exact) mass is 2100 g/mol. The van der Waals surface area contributed by atoms with Crippen LogP contribution >= 0.6 is 0 Å². The summed E-state index contributed by atoms with van der Waals surface area (Å²) in [5.74, 6) is -21.7. The van der Waals surface area contributed by atoms with E-state index in [1.165, 1.54) is 70.1 Å². The SMILES string of the molecule is CC(C)C[C@H](NC(=O)[C@H](CCCNC(=N)N)NC(=O)[C@H](Cc1ccc(O)cc1)NC(=O)[C@H](C)NC(=O)CNC(=O)[C@H](CCCNC(=N)N)NC(=O)[C@H](C)NC(=O)[C@H](C)NC(=O)[C@H](CCCNC(=N)N)NC(=O)[C@H](CC(C)C)NC(=O)[C@@H](NC(=O)[C@H](CC(C)C)NC(=O)[C@H](CC(C)C)NC(=O)[C@H](CO)NC(=O)[C@H](CCCNC(=N)N)NC(=O)CNC(=O)CN)C(C)C)C(=O)N[C@@H](Cc1c[nH]cn1)C(=O)N[C@@H](Cc1c[nH]cn1)C(=O)O. The van der Waals surface area contributed by atoms with E-state index in [1.807, 2.05) is 0 Å². The lowest BCUT2D eigenvalue weighted by Gasteiger charge is -2.30. The molecule has 0 unspecified atom stereocenters. The number of imidazole rings is 2. The molecule has 57 nitrogen and oxygen atoms in total. The minimum absolute atomic E-state index is 0.00172. The Morgan fingerprint density at radius 2 is 0.611 bits per heavy atom. The van der Waals surface area contributed by atoms with Gasteiger partial charge in [0.2, 0.25) is 106 Å². The van der Waals surface area contributed by atoms with Crippen molar-refractivity contribution in [2.45, 2.75) is 283 Å². The number of hydrogen-bond donors (Lipinski definition) is 36. The van der Waals surface area contributed by atoms with Gasteiger partial charge in [0.05, 0.1) is 50.3 Å². The van der Waals surface area contributed by atoms with Crippen LogP contribution in [-0.2, 0) is 110 Å². The first-order valence-corrected chi connectivity index (χ1v) is 49.1. The van der Waals surface area contributed by atoms with E-state index < -0.39 is 259 Å². The van der Waals surface area contributed by atoms with Crippen LogP contribution in [0.5, 0.6) is 5.75 Å². The molecule has 2 heterocycles. The molecule has 0 fully saturated rings. The summed E-state index contributed by atoms with van der Waals surface area (Å²) in [5, 5.41) is 117. The summed E-state index contributed by atoms with van der Waals surface area (Å²) in [6.45, 7) is 18.0. The summed E-state index contributed by atoms with van der Waals surface area (Å²) in [6.07, 6.45) is 4.25. The molecule has 1 aromatic carbocycles. The lowest BCUT2D eigenvalue weighted by Crippen LogP contribution is -2.61. The lowest BCUT2D eigenvalue weighted by molar-refractivity contribution is -0.142. The number of carboxylic acid groups (broad SMARTS) is 1. The Morgan fingerprint density at radius 1 is 0.322 bits per heavy atom. The second-order valence-electron chi connectivity index (χ2n) is 37.8. The number of carboxylic acids is 1. The van der Waals surface area contributed by atoms with Crippen LogP contribution in [0.2, 0.25) is 0 Å². The number of aliphatic hydroxyl groups excluding tert-OH is 1. The Bertz CT molecular complexity index is 4950. The van der Waals surface area contributed by atoms with Gasteiger partial charge < -0.3 is 171 Å². The van der Waals surface area contributed by atoms with E-state index in [0.29, 0.717) is 17.0 Å². The molecule has 0 spiro atoms. The standard InChI is InChI=1S/C92H155N35O22/c1-45(2)30-61(82(142)123-66(35-54-38-102-43-110-54)84(144)125-67(88(148)149)36-55-39-103-44-111-55)120-79(139)60(21-17-29-107-92(100)101)118-83(143)65(34-53-22-24-56(129)25-23-53)119-74(134)50(11)112-70(131)41-109-76(136)57(18-14-26-104-89(94)95)116-75(135)52(13)113-73(133)51(12)114-77(137)59(20-16-28-106-91(98)99)117-80(140)63(32-47(5)6)124-87(147)72(49(9)10)127-85(145)64(33-48(7)8)121-81(141)62(31-46(3)4)122-86(146)68(42-128)126-78(138)58(19-15-27-105-90(96)97)115-71(132)40-108-69(130)37-93/h22-25,38-39,43-52,57-68,72,128-129H,14-21,26-37,40-42,93H2,1-13H3,(H,102,110)(H,103,111)(H,108,130)(H,109,136)(H,112,131)(H,113,133)(H,114,137)(H,115,132)(H,116,135)(H,117,140)(H,118,143)(H,119,134)(H,120,139)(H,121,141)(H,122,146)(H,123,142)(H,124,147)(H,125,144)(H,126,138)(H,127,145)(H,148,149)(H4,94,95,104)(H4,96,97,105)(H4,98,99,106)(H4,100,101,107)/t50-,51-,52-,57-,58-,59-,60-,61-,62-,63-,64-,65-,66-,67-,68-,72-/m0/s1. The molecular formula is C92H155N35O22. The number of amides is 18. The van der Waals surface area contributed by atoms with Gasteiger partial charge in [0.25, 0.3) is 0 Å². The van der Waals surface area contributed by atoms with Crippen LogP contribution in [0, 0.1) is 51.2 Å².